The van der Waals surface area contributed by atoms with Crippen molar-refractivity contribution in [1.82, 2.24) is 9.80 Å². The molecular weight excluding hydrogens is 176 g/mol. The van der Waals surface area contributed by atoms with Crippen LogP contribution in [-0.2, 0) is 4.79 Å². The lowest BCUT2D eigenvalue weighted by Gasteiger charge is -2.22. The molecule has 0 aromatic heterocycles. The number of hydrogen-bond acceptors (Lipinski definition) is 3. The summed E-state index contributed by atoms with van der Waals surface area (Å²) in [5, 5.41) is 0. The molecule has 1 saturated heterocycles. The van der Waals surface area contributed by atoms with Crippen LogP contribution in [0, 0.1) is 5.92 Å². The van der Waals surface area contributed by atoms with Crippen molar-refractivity contribution in [1.29, 1.82) is 0 Å². The first kappa shape index (κ1) is 11.7. The van der Waals surface area contributed by atoms with Crippen LogP contribution in [0.15, 0.2) is 0 Å². The molecule has 0 radical (unpaired) electrons. The number of rotatable bonds is 4. The quantitative estimate of drug-likeness (QED) is 0.669. The van der Waals surface area contributed by atoms with Gasteiger partial charge in [0.1, 0.15) is 5.78 Å². The van der Waals surface area contributed by atoms with Crippen LogP contribution in [0.3, 0.4) is 0 Å². The molecule has 14 heavy (non-hydrogen) atoms. The van der Waals surface area contributed by atoms with E-state index in [0.717, 1.165) is 13.1 Å². The third kappa shape index (κ3) is 2.79. The molecule has 0 saturated carbocycles. The standard InChI is InChI=1S/C11H22N2O/c1-5-10(14)7-13-6-9(2)11(8-13)12(3)4/h9,11H,5-8H2,1-4H3. The molecule has 3 heteroatoms. The Hall–Kier alpha value is -0.410. The molecule has 2 unspecified atom stereocenters. The van der Waals surface area contributed by atoms with Crippen LogP contribution in [0.2, 0.25) is 0 Å². The van der Waals surface area contributed by atoms with E-state index in [0.29, 0.717) is 30.7 Å². The average molecular weight is 198 g/mol. The first-order valence-corrected chi connectivity index (χ1v) is 5.45. The maximum Gasteiger partial charge on any atom is 0.146 e. The molecular formula is C11H22N2O. The zero-order valence-electron chi connectivity index (χ0n) is 9.79. The topological polar surface area (TPSA) is 23.6 Å². The van der Waals surface area contributed by atoms with Crippen molar-refractivity contribution in [2.45, 2.75) is 26.3 Å². The summed E-state index contributed by atoms with van der Waals surface area (Å²) in [6.07, 6.45) is 0.664. The fraction of sp³-hybridized carbons (Fsp3) is 0.909. The summed E-state index contributed by atoms with van der Waals surface area (Å²) in [5.41, 5.74) is 0. The van der Waals surface area contributed by atoms with Gasteiger partial charge in [-0.25, -0.2) is 0 Å². The summed E-state index contributed by atoms with van der Waals surface area (Å²) in [6, 6.07) is 0.611. The van der Waals surface area contributed by atoms with Gasteiger partial charge in [-0.3, -0.25) is 9.69 Å². The second-order valence-corrected chi connectivity index (χ2v) is 4.59. The summed E-state index contributed by atoms with van der Waals surface area (Å²) < 4.78 is 0. The van der Waals surface area contributed by atoms with Gasteiger partial charge in [0.2, 0.25) is 0 Å². The lowest BCUT2D eigenvalue weighted by Crippen LogP contribution is -2.35. The van der Waals surface area contributed by atoms with E-state index in [-0.39, 0.29) is 0 Å². The van der Waals surface area contributed by atoms with Crippen molar-refractivity contribution < 1.29 is 4.79 Å². The van der Waals surface area contributed by atoms with E-state index in [1.165, 1.54) is 0 Å². The molecule has 2 atom stereocenters. The van der Waals surface area contributed by atoms with Gasteiger partial charge >= 0.3 is 0 Å². The normalized spacial score (nSPS) is 28.6. The van der Waals surface area contributed by atoms with Gasteiger partial charge in [-0.1, -0.05) is 13.8 Å². The largest absolute Gasteiger partial charge is 0.305 e. The number of hydrogen-bond donors (Lipinski definition) is 0. The van der Waals surface area contributed by atoms with Crippen molar-refractivity contribution in [3.05, 3.63) is 0 Å². The smallest absolute Gasteiger partial charge is 0.146 e. The summed E-state index contributed by atoms with van der Waals surface area (Å²) >= 11 is 0. The van der Waals surface area contributed by atoms with Crippen molar-refractivity contribution in [2.75, 3.05) is 33.7 Å². The predicted octanol–water partition coefficient (Wildman–Crippen LogP) is 0.847. The Morgan fingerprint density at radius 2 is 2.07 bits per heavy atom. The fourth-order valence-corrected chi connectivity index (χ4v) is 2.21. The molecule has 1 aliphatic rings. The molecule has 1 fully saturated rings. The fourth-order valence-electron chi connectivity index (χ4n) is 2.21. The van der Waals surface area contributed by atoms with Gasteiger partial charge in [0.25, 0.3) is 0 Å². The Balaban J connectivity index is 2.42. The minimum Gasteiger partial charge on any atom is -0.305 e. The third-order valence-electron chi connectivity index (χ3n) is 3.11. The summed E-state index contributed by atoms with van der Waals surface area (Å²) in [5.74, 6) is 1.03. The van der Waals surface area contributed by atoms with Crippen molar-refractivity contribution in [2.24, 2.45) is 5.92 Å². The van der Waals surface area contributed by atoms with Crippen LogP contribution in [0.4, 0.5) is 0 Å². The first-order valence-electron chi connectivity index (χ1n) is 5.45. The highest BCUT2D eigenvalue weighted by Crippen LogP contribution is 2.19. The SMILES string of the molecule is CCC(=O)CN1CC(C)C(N(C)C)C1. The minimum absolute atomic E-state index is 0.358. The molecule has 0 amide bonds. The summed E-state index contributed by atoms with van der Waals surface area (Å²) in [4.78, 5) is 15.8. The second-order valence-electron chi connectivity index (χ2n) is 4.59. The minimum atomic E-state index is 0.358. The summed E-state index contributed by atoms with van der Waals surface area (Å²) in [6.45, 7) is 6.95. The maximum atomic E-state index is 11.3. The van der Waals surface area contributed by atoms with Gasteiger partial charge in [0.05, 0.1) is 6.54 Å². The van der Waals surface area contributed by atoms with Crippen LogP contribution in [0.25, 0.3) is 0 Å². The van der Waals surface area contributed by atoms with Crippen molar-refractivity contribution in [3.63, 3.8) is 0 Å². The number of likely N-dealkylation sites (tertiary alicyclic amines) is 1. The van der Waals surface area contributed by atoms with E-state index in [9.17, 15) is 4.79 Å². The number of ketones is 1. The Morgan fingerprint density at radius 1 is 1.43 bits per heavy atom. The van der Waals surface area contributed by atoms with E-state index >= 15 is 0 Å². The van der Waals surface area contributed by atoms with Crippen LogP contribution in [0.1, 0.15) is 20.3 Å². The van der Waals surface area contributed by atoms with E-state index in [4.69, 9.17) is 0 Å². The van der Waals surface area contributed by atoms with Crippen molar-refractivity contribution in [3.8, 4) is 0 Å². The number of carbonyl (C=O) groups excluding carboxylic acids is 1. The number of Topliss-reactive ketones (excluding diaryl/α,β-unsaturated/α-hetero) is 1. The van der Waals surface area contributed by atoms with Gasteiger partial charge < -0.3 is 4.90 Å². The van der Waals surface area contributed by atoms with Crippen LogP contribution >= 0.6 is 0 Å². The van der Waals surface area contributed by atoms with Gasteiger partial charge in [0, 0.05) is 25.6 Å². The number of likely N-dealkylation sites (N-methyl/N-ethyl adjacent to an activating group) is 1. The molecule has 1 heterocycles. The highest BCUT2D eigenvalue weighted by atomic mass is 16.1. The number of nitrogens with zero attached hydrogens (tertiary/aromatic N) is 2. The predicted molar refractivity (Wildman–Crippen MR) is 58.4 cm³/mol. The number of carbonyl (C=O) groups is 1. The molecule has 1 aliphatic heterocycles. The van der Waals surface area contributed by atoms with Crippen LogP contribution in [-0.4, -0.2) is 55.4 Å². The Morgan fingerprint density at radius 3 is 2.50 bits per heavy atom. The lowest BCUT2D eigenvalue weighted by atomic mass is 10.1. The molecule has 0 spiro atoms. The Bertz CT molecular complexity index is 203. The van der Waals surface area contributed by atoms with Gasteiger partial charge in [-0.15, -0.1) is 0 Å². The molecule has 0 bridgehead atoms. The van der Waals surface area contributed by atoms with Crippen LogP contribution in [0.5, 0.6) is 0 Å². The van der Waals surface area contributed by atoms with E-state index in [1.54, 1.807) is 0 Å². The zero-order valence-corrected chi connectivity index (χ0v) is 9.79. The molecule has 0 aliphatic carbocycles. The molecule has 1 rings (SSSR count). The molecule has 3 nitrogen and oxygen atoms in total. The highest BCUT2D eigenvalue weighted by molar-refractivity contribution is 5.80. The van der Waals surface area contributed by atoms with E-state index < -0.39 is 0 Å². The first-order chi connectivity index (χ1) is 6.54. The average Bonchev–Trinajstić information content (AvgIpc) is 2.46. The van der Waals surface area contributed by atoms with E-state index in [1.807, 2.05) is 6.92 Å². The summed E-state index contributed by atoms with van der Waals surface area (Å²) in [7, 11) is 4.23. The van der Waals surface area contributed by atoms with Gasteiger partial charge in [-0.05, 0) is 20.0 Å². The molecule has 0 aromatic carbocycles. The molecule has 0 aromatic rings. The van der Waals surface area contributed by atoms with Gasteiger partial charge in [0.15, 0.2) is 0 Å². The maximum absolute atomic E-state index is 11.3. The second kappa shape index (κ2) is 4.89. The Labute approximate surface area is 87.1 Å². The lowest BCUT2D eigenvalue weighted by molar-refractivity contribution is -0.119. The van der Waals surface area contributed by atoms with E-state index in [2.05, 4.69) is 30.8 Å². The van der Waals surface area contributed by atoms with Gasteiger partial charge in [-0.2, -0.15) is 0 Å². The van der Waals surface area contributed by atoms with Crippen LogP contribution < -0.4 is 0 Å². The Kier molecular flexibility index (Phi) is 4.08. The highest BCUT2D eigenvalue weighted by Gasteiger charge is 2.31. The monoisotopic (exact) mass is 198 g/mol. The molecule has 0 N–H and O–H groups in total. The van der Waals surface area contributed by atoms with Crippen molar-refractivity contribution >= 4 is 5.78 Å². The molecule has 82 valence electrons. The zero-order chi connectivity index (χ0) is 10.7. The third-order valence-corrected chi connectivity index (χ3v) is 3.11.